The zero-order chi connectivity index (χ0) is 23.4. The summed E-state index contributed by atoms with van der Waals surface area (Å²) in [7, 11) is 0. The molecule has 1 heterocycles. The van der Waals surface area contributed by atoms with Gasteiger partial charge in [-0.3, -0.25) is 10.1 Å². The third-order valence-corrected chi connectivity index (χ3v) is 5.75. The van der Waals surface area contributed by atoms with Gasteiger partial charge in [0.2, 0.25) is 0 Å². The first-order valence-electron chi connectivity index (χ1n) is 10.5. The van der Waals surface area contributed by atoms with Crippen molar-refractivity contribution >= 4 is 23.5 Å². The van der Waals surface area contributed by atoms with Gasteiger partial charge in [0, 0.05) is 39.8 Å². The summed E-state index contributed by atoms with van der Waals surface area (Å²) in [6.07, 6.45) is 1.83. The summed E-state index contributed by atoms with van der Waals surface area (Å²) in [5, 5.41) is 16.0. The van der Waals surface area contributed by atoms with E-state index in [4.69, 9.17) is 11.6 Å². The van der Waals surface area contributed by atoms with Crippen LogP contribution in [0.25, 0.3) is 16.8 Å². The Morgan fingerprint density at radius 3 is 2.18 bits per heavy atom. The molecule has 0 saturated carbocycles. The third-order valence-electron chi connectivity index (χ3n) is 5.50. The van der Waals surface area contributed by atoms with Crippen LogP contribution in [-0.4, -0.2) is 15.7 Å². The number of nitrogens with one attached hydrogen (secondary N) is 1. The van der Waals surface area contributed by atoms with E-state index in [0.717, 1.165) is 44.4 Å². The topological polar surface area (TPSA) is 72.5 Å². The SMILES string of the molecule is Cc1cc(/C=N\NCc2ccc(Cl)cc2)c(C)n1-c1ccc(-c2ccc([N+](=O)[O-])cc2)cc1. The van der Waals surface area contributed by atoms with Gasteiger partial charge in [-0.1, -0.05) is 35.9 Å². The smallest absolute Gasteiger partial charge is 0.269 e. The van der Waals surface area contributed by atoms with Gasteiger partial charge in [-0.2, -0.15) is 5.10 Å². The lowest BCUT2D eigenvalue weighted by molar-refractivity contribution is -0.384. The summed E-state index contributed by atoms with van der Waals surface area (Å²) in [6, 6.07) is 24.5. The zero-order valence-corrected chi connectivity index (χ0v) is 19.1. The molecule has 0 atom stereocenters. The van der Waals surface area contributed by atoms with Crippen molar-refractivity contribution in [3.8, 4) is 16.8 Å². The van der Waals surface area contributed by atoms with Gasteiger partial charge in [-0.25, -0.2) is 0 Å². The maximum atomic E-state index is 10.9. The monoisotopic (exact) mass is 458 g/mol. The molecule has 33 heavy (non-hydrogen) atoms. The Morgan fingerprint density at radius 1 is 0.970 bits per heavy atom. The maximum Gasteiger partial charge on any atom is 0.269 e. The number of aryl methyl sites for hydroxylation is 1. The highest BCUT2D eigenvalue weighted by Crippen LogP contribution is 2.25. The first kappa shape index (κ1) is 22.3. The van der Waals surface area contributed by atoms with Crippen molar-refractivity contribution in [3.63, 3.8) is 0 Å². The van der Waals surface area contributed by atoms with Crippen LogP contribution in [0.3, 0.4) is 0 Å². The van der Waals surface area contributed by atoms with Gasteiger partial charge in [0.25, 0.3) is 5.69 Å². The van der Waals surface area contributed by atoms with Crippen molar-refractivity contribution in [1.82, 2.24) is 9.99 Å². The minimum absolute atomic E-state index is 0.0887. The first-order valence-corrected chi connectivity index (χ1v) is 10.8. The maximum absolute atomic E-state index is 10.9. The molecule has 0 aliphatic rings. The van der Waals surface area contributed by atoms with E-state index in [-0.39, 0.29) is 5.69 Å². The molecule has 0 amide bonds. The lowest BCUT2D eigenvalue weighted by Gasteiger charge is -2.11. The summed E-state index contributed by atoms with van der Waals surface area (Å²) in [5.74, 6) is 0. The number of nitrogens with zero attached hydrogens (tertiary/aromatic N) is 3. The van der Waals surface area contributed by atoms with Gasteiger partial charge < -0.3 is 9.99 Å². The number of non-ortho nitro benzene ring substituents is 1. The number of rotatable bonds is 7. The molecule has 166 valence electrons. The first-order chi connectivity index (χ1) is 15.9. The van der Waals surface area contributed by atoms with E-state index in [0.29, 0.717) is 6.54 Å². The number of benzene rings is 3. The van der Waals surface area contributed by atoms with E-state index < -0.39 is 4.92 Å². The summed E-state index contributed by atoms with van der Waals surface area (Å²) >= 11 is 5.92. The molecule has 3 aromatic carbocycles. The van der Waals surface area contributed by atoms with Crippen LogP contribution in [0.5, 0.6) is 0 Å². The number of aromatic nitrogens is 1. The fourth-order valence-corrected chi connectivity index (χ4v) is 3.87. The van der Waals surface area contributed by atoms with Crippen molar-refractivity contribution in [2.45, 2.75) is 20.4 Å². The molecule has 0 saturated heterocycles. The van der Waals surface area contributed by atoms with Gasteiger partial charge in [-0.05, 0) is 73.0 Å². The Kier molecular flexibility index (Phi) is 6.56. The number of halogens is 1. The molecule has 0 unspecified atom stereocenters. The molecule has 7 heteroatoms. The molecular formula is C26H23ClN4O2. The van der Waals surface area contributed by atoms with Crippen molar-refractivity contribution < 1.29 is 4.92 Å². The average Bonchev–Trinajstić information content (AvgIpc) is 3.11. The fourth-order valence-electron chi connectivity index (χ4n) is 3.75. The van der Waals surface area contributed by atoms with Crippen LogP contribution in [0.2, 0.25) is 5.02 Å². The standard InChI is InChI=1S/C26H23ClN4O2/c1-18-15-23(17-29-28-16-20-3-9-24(27)10-4-20)19(2)30(18)25-11-5-21(6-12-25)22-7-13-26(14-8-22)31(32)33/h3-15,17,28H,16H2,1-2H3/b29-17-. The normalized spacial score (nSPS) is 11.1. The number of hydrazone groups is 1. The highest BCUT2D eigenvalue weighted by atomic mass is 35.5. The minimum Gasteiger partial charge on any atom is -0.318 e. The van der Waals surface area contributed by atoms with E-state index in [1.165, 1.54) is 12.1 Å². The molecular weight excluding hydrogens is 436 g/mol. The van der Waals surface area contributed by atoms with Crippen LogP contribution in [0.4, 0.5) is 5.69 Å². The van der Waals surface area contributed by atoms with Crippen molar-refractivity contribution in [2.75, 3.05) is 0 Å². The van der Waals surface area contributed by atoms with Gasteiger partial charge in [0.1, 0.15) is 0 Å². The van der Waals surface area contributed by atoms with Gasteiger partial charge in [0.05, 0.1) is 17.7 Å². The second-order valence-electron chi connectivity index (χ2n) is 7.73. The number of hydrogen-bond donors (Lipinski definition) is 1. The third kappa shape index (κ3) is 5.13. The number of nitro groups is 1. The average molecular weight is 459 g/mol. The molecule has 1 aromatic heterocycles. The molecule has 0 fully saturated rings. The molecule has 0 aliphatic carbocycles. The van der Waals surface area contributed by atoms with Crippen molar-refractivity contribution in [3.05, 3.63) is 117 Å². The Bertz CT molecular complexity index is 1290. The predicted octanol–water partition coefficient (Wildman–Crippen LogP) is 6.45. The van der Waals surface area contributed by atoms with Gasteiger partial charge in [0.15, 0.2) is 0 Å². The molecule has 1 N–H and O–H groups in total. The van der Waals surface area contributed by atoms with E-state index in [1.54, 1.807) is 12.1 Å². The molecule has 0 aliphatic heterocycles. The highest BCUT2D eigenvalue weighted by Gasteiger charge is 2.10. The Balaban J connectivity index is 1.47. The lowest BCUT2D eigenvalue weighted by Crippen LogP contribution is -2.05. The lowest BCUT2D eigenvalue weighted by atomic mass is 10.0. The van der Waals surface area contributed by atoms with Gasteiger partial charge >= 0.3 is 0 Å². The molecule has 4 aromatic rings. The summed E-state index contributed by atoms with van der Waals surface area (Å²) < 4.78 is 2.18. The van der Waals surface area contributed by atoms with E-state index in [1.807, 2.05) is 42.6 Å². The van der Waals surface area contributed by atoms with Crippen molar-refractivity contribution in [2.24, 2.45) is 5.10 Å². The molecule has 0 radical (unpaired) electrons. The van der Waals surface area contributed by atoms with E-state index in [2.05, 4.69) is 47.1 Å². The molecule has 6 nitrogen and oxygen atoms in total. The largest absolute Gasteiger partial charge is 0.318 e. The van der Waals surface area contributed by atoms with Crippen LogP contribution < -0.4 is 5.43 Å². The Morgan fingerprint density at radius 2 is 1.58 bits per heavy atom. The zero-order valence-electron chi connectivity index (χ0n) is 18.3. The van der Waals surface area contributed by atoms with Crippen LogP contribution in [-0.2, 0) is 6.54 Å². The molecule has 0 spiro atoms. The van der Waals surface area contributed by atoms with Crippen LogP contribution >= 0.6 is 11.6 Å². The highest BCUT2D eigenvalue weighted by molar-refractivity contribution is 6.30. The second kappa shape index (κ2) is 9.71. The van der Waals surface area contributed by atoms with Crippen LogP contribution in [0.15, 0.2) is 84.0 Å². The number of hydrogen-bond acceptors (Lipinski definition) is 4. The van der Waals surface area contributed by atoms with Crippen LogP contribution in [0, 0.1) is 24.0 Å². The second-order valence-corrected chi connectivity index (χ2v) is 8.17. The van der Waals surface area contributed by atoms with Gasteiger partial charge in [-0.15, -0.1) is 0 Å². The quantitative estimate of drug-likeness (QED) is 0.196. The van der Waals surface area contributed by atoms with Crippen molar-refractivity contribution in [1.29, 1.82) is 0 Å². The summed E-state index contributed by atoms with van der Waals surface area (Å²) in [4.78, 5) is 10.5. The molecule has 0 bridgehead atoms. The van der Waals surface area contributed by atoms with E-state index >= 15 is 0 Å². The minimum atomic E-state index is -0.390. The Labute approximate surface area is 197 Å². The van der Waals surface area contributed by atoms with E-state index in [9.17, 15) is 10.1 Å². The molecule has 4 rings (SSSR count). The number of nitro benzene ring substituents is 1. The van der Waals surface area contributed by atoms with Crippen LogP contribution in [0.1, 0.15) is 22.5 Å². The Hall–Kier alpha value is -3.90. The fraction of sp³-hybridized carbons (Fsp3) is 0.115. The predicted molar refractivity (Wildman–Crippen MR) is 133 cm³/mol. The summed E-state index contributed by atoms with van der Waals surface area (Å²) in [6.45, 7) is 4.75. The summed E-state index contributed by atoms with van der Waals surface area (Å²) in [5.41, 5.74) is 10.5.